The first kappa shape index (κ1) is 21.6. The Hall–Kier alpha value is -3.19. The van der Waals surface area contributed by atoms with Gasteiger partial charge in [0, 0.05) is 43.5 Å². The van der Waals surface area contributed by atoms with Gasteiger partial charge in [0.15, 0.2) is 0 Å². The molecule has 1 fully saturated rings. The summed E-state index contributed by atoms with van der Waals surface area (Å²) in [6.07, 6.45) is 12.9. The molecule has 3 aliphatic rings. The molecule has 0 bridgehead atoms. The summed E-state index contributed by atoms with van der Waals surface area (Å²) in [5, 5.41) is 4.79. The number of fused-ring (bicyclic) bond motifs is 2. The standard InChI is InChI=1S/C26H32N6O/c1-17-6-7-21-8-9-22(30-14-20(15-30)13-29(4)5)16-31(21)26(33)10-23(17)24-11-25-19(3)27-18(2)12-32(25)28-24/h7-12,16-17,20H,6,13-15H2,1-5H3. The van der Waals surface area contributed by atoms with E-state index in [0.29, 0.717) is 5.92 Å². The molecule has 33 heavy (non-hydrogen) atoms. The van der Waals surface area contributed by atoms with Crippen LogP contribution in [-0.4, -0.2) is 68.9 Å². The zero-order valence-electron chi connectivity index (χ0n) is 20.1. The number of carbonyl (C=O) groups is 1. The van der Waals surface area contributed by atoms with Crippen LogP contribution in [0.2, 0.25) is 0 Å². The highest BCUT2D eigenvalue weighted by Gasteiger charge is 2.30. The van der Waals surface area contributed by atoms with E-state index < -0.39 is 0 Å². The Balaban J connectivity index is 1.42. The maximum absolute atomic E-state index is 13.4. The number of allylic oxidation sites excluding steroid dienone is 4. The predicted octanol–water partition coefficient (Wildman–Crippen LogP) is 3.39. The van der Waals surface area contributed by atoms with E-state index in [1.54, 1.807) is 11.0 Å². The van der Waals surface area contributed by atoms with Crippen LogP contribution in [0.15, 0.2) is 54.2 Å². The van der Waals surface area contributed by atoms with E-state index in [1.807, 2.05) is 36.8 Å². The lowest BCUT2D eigenvalue weighted by Gasteiger charge is -2.44. The van der Waals surface area contributed by atoms with E-state index >= 15 is 0 Å². The normalized spacial score (nSPS) is 21.5. The quantitative estimate of drug-likeness (QED) is 0.724. The number of hydrogen-bond donors (Lipinski definition) is 0. The maximum atomic E-state index is 13.4. The molecule has 5 rings (SSSR count). The number of carbonyl (C=O) groups excluding carboxylic acids is 1. The SMILES string of the molecule is Cc1cn2nc(C3=CC(=O)N4C=C(N5CC(CN(C)C)C5)C=CC4=CCC3C)cc2c(C)n1. The molecule has 7 nitrogen and oxygen atoms in total. The molecule has 1 atom stereocenters. The molecule has 172 valence electrons. The molecule has 0 N–H and O–H groups in total. The molecule has 0 aromatic carbocycles. The summed E-state index contributed by atoms with van der Waals surface area (Å²) in [6.45, 7) is 9.28. The first-order valence-corrected chi connectivity index (χ1v) is 11.7. The van der Waals surface area contributed by atoms with Gasteiger partial charge in [0.05, 0.1) is 34.5 Å². The number of likely N-dealkylation sites (tertiary alicyclic amines) is 1. The topological polar surface area (TPSA) is 57.0 Å². The summed E-state index contributed by atoms with van der Waals surface area (Å²) in [4.78, 5) is 24.3. The summed E-state index contributed by atoms with van der Waals surface area (Å²) >= 11 is 0. The Kier molecular flexibility index (Phi) is 5.44. The number of hydrogen-bond acceptors (Lipinski definition) is 5. The molecule has 1 saturated heterocycles. The Labute approximate surface area is 195 Å². The predicted molar refractivity (Wildman–Crippen MR) is 130 cm³/mol. The highest BCUT2D eigenvalue weighted by molar-refractivity contribution is 5.98. The molecule has 7 heteroatoms. The molecule has 1 amide bonds. The average Bonchev–Trinajstić information content (AvgIpc) is 3.15. The second kappa shape index (κ2) is 8.30. The fourth-order valence-electron chi connectivity index (χ4n) is 4.99. The van der Waals surface area contributed by atoms with E-state index in [2.05, 4.69) is 54.0 Å². The van der Waals surface area contributed by atoms with Crippen LogP contribution < -0.4 is 0 Å². The fourth-order valence-corrected chi connectivity index (χ4v) is 4.99. The molecule has 2 aromatic rings. The Morgan fingerprint density at radius 2 is 1.91 bits per heavy atom. The van der Waals surface area contributed by atoms with Crippen molar-refractivity contribution >= 4 is 17.0 Å². The second-order valence-electron chi connectivity index (χ2n) is 9.82. The van der Waals surface area contributed by atoms with E-state index in [1.165, 1.54) is 0 Å². The summed E-state index contributed by atoms with van der Waals surface area (Å²) in [6, 6.07) is 2.05. The van der Waals surface area contributed by atoms with Crippen LogP contribution in [0.1, 0.15) is 30.4 Å². The number of nitrogens with zero attached hydrogens (tertiary/aromatic N) is 6. The van der Waals surface area contributed by atoms with Crippen molar-refractivity contribution in [1.29, 1.82) is 0 Å². The van der Waals surface area contributed by atoms with Crippen molar-refractivity contribution in [2.24, 2.45) is 11.8 Å². The monoisotopic (exact) mass is 444 g/mol. The lowest BCUT2D eigenvalue weighted by molar-refractivity contribution is -0.122. The van der Waals surface area contributed by atoms with Gasteiger partial charge in [0.25, 0.3) is 5.91 Å². The van der Waals surface area contributed by atoms with Crippen LogP contribution >= 0.6 is 0 Å². The third kappa shape index (κ3) is 4.13. The molecular formula is C26H32N6O. The van der Waals surface area contributed by atoms with Gasteiger partial charge in [-0.2, -0.15) is 5.10 Å². The first-order valence-electron chi connectivity index (χ1n) is 11.7. The van der Waals surface area contributed by atoms with E-state index in [0.717, 1.165) is 65.6 Å². The molecule has 0 saturated carbocycles. The zero-order valence-corrected chi connectivity index (χ0v) is 20.1. The van der Waals surface area contributed by atoms with Gasteiger partial charge in [0.2, 0.25) is 0 Å². The van der Waals surface area contributed by atoms with Crippen molar-refractivity contribution < 1.29 is 4.79 Å². The van der Waals surface area contributed by atoms with Crippen LogP contribution in [-0.2, 0) is 4.79 Å². The molecule has 2 aromatic heterocycles. The summed E-state index contributed by atoms with van der Waals surface area (Å²) in [7, 11) is 4.23. The van der Waals surface area contributed by atoms with Gasteiger partial charge >= 0.3 is 0 Å². The van der Waals surface area contributed by atoms with Gasteiger partial charge in [0.1, 0.15) is 0 Å². The largest absolute Gasteiger partial charge is 0.370 e. The van der Waals surface area contributed by atoms with E-state index in [4.69, 9.17) is 5.10 Å². The third-order valence-corrected chi connectivity index (χ3v) is 6.69. The van der Waals surface area contributed by atoms with Crippen molar-refractivity contribution in [2.75, 3.05) is 33.7 Å². The highest BCUT2D eigenvalue weighted by atomic mass is 16.2. The molecule has 0 radical (unpaired) electrons. The van der Waals surface area contributed by atoms with E-state index in [9.17, 15) is 4.79 Å². The summed E-state index contributed by atoms with van der Waals surface area (Å²) in [5.74, 6) is 0.833. The maximum Gasteiger partial charge on any atom is 0.255 e. The van der Waals surface area contributed by atoms with E-state index in [-0.39, 0.29) is 11.8 Å². The van der Waals surface area contributed by atoms with Crippen molar-refractivity contribution in [3.05, 3.63) is 71.2 Å². The number of rotatable bonds is 4. The minimum absolute atomic E-state index is 0.0295. The lowest BCUT2D eigenvalue weighted by atomic mass is 9.92. The van der Waals surface area contributed by atoms with Crippen molar-refractivity contribution in [2.45, 2.75) is 27.2 Å². The zero-order chi connectivity index (χ0) is 23.3. The molecular weight excluding hydrogens is 412 g/mol. The van der Waals surface area contributed by atoms with Gasteiger partial charge in [-0.1, -0.05) is 13.0 Å². The Morgan fingerprint density at radius 1 is 1.15 bits per heavy atom. The van der Waals surface area contributed by atoms with Crippen LogP contribution in [0.5, 0.6) is 0 Å². The molecule has 0 spiro atoms. The van der Waals surface area contributed by atoms with Gasteiger partial charge < -0.3 is 9.80 Å². The van der Waals surface area contributed by atoms with Gasteiger partial charge in [-0.25, -0.2) is 4.52 Å². The van der Waals surface area contributed by atoms with Gasteiger partial charge in [-0.15, -0.1) is 0 Å². The Morgan fingerprint density at radius 3 is 2.67 bits per heavy atom. The third-order valence-electron chi connectivity index (χ3n) is 6.69. The van der Waals surface area contributed by atoms with Crippen molar-refractivity contribution in [3.63, 3.8) is 0 Å². The molecule has 0 aliphatic carbocycles. The smallest absolute Gasteiger partial charge is 0.255 e. The average molecular weight is 445 g/mol. The first-order chi connectivity index (χ1) is 15.8. The molecule has 5 heterocycles. The fraction of sp³-hybridized carbons (Fsp3) is 0.423. The van der Waals surface area contributed by atoms with Gasteiger partial charge in [-0.3, -0.25) is 14.7 Å². The Bertz CT molecular complexity index is 1220. The molecule has 3 aliphatic heterocycles. The number of aryl methyl sites for hydroxylation is 2. The highest BCUT2D eigenvalue weighted by Crippen LogP contribution is 2.33. The summed E-state index contributed by atoms with van der Waals surface area (Å²) < 4.78 is 1.88. The minimum atomic E-state index is -0.0295. The van der Waals surface area contributed by atoms with Crippen LogP contribution in [0.25, 0.3) is 11.1 Å². The number of amides is 1. The van der Waals surface area contributed by atoms with Crippen LogP contribution in [0, 0.1) is 25.7 Å². The van der Waals surface area contributed by atoms with Crippen LogP contribution in [0.4, 0.5) is 0 Å². The number of aromatic nitrogens is 3. The van der Waals surface area contributed by atoms with Crippen molar-refractivity contribution in [1.82, 2.24) is 29.3 Å². The lowest BCUT2D eigenvalue weighted by Crippen LogP contribution is -2.50. The van der Waals surface area contributed by atoms with Crippen LogP contribution in [0.3, 0.4) is 0 Å². The van der Waals surface area contributed by atoms with Gasteiger partial charge in [-0.05, 0) is 64.1 Å². The second-order valence-corrected chi connectivity index (χ2v) is 9.82. The van der Waals surface area contributed by atoms with Crippen molar-refractivity contribution in [3.8, 4) is 0 Å². The molecule has 1 unspecified atom stereocenters. The minimum Gasteiger partial charge on any atom is -0.370 e. The summed E-state index contributed by atoms with van der Waals surface area (Å²) in [5.41, 5.74) is 6.70.